The number of ether oxygens (including phenoxy) is 2. The highest BCUT2D eigenvalue weighted by Crippen LogP contribution is 2.59. The molecule has 0 aromatic heterocycles. The van der Waals surface area contributed by atoms with E-state index < -0.39 is 11.7 Å². The predicted octanol–water partition coefficient (Wildman–Crippen LogP) is 7.50. The lowest BCUT2D eigenvalue weighted by molar-refractivity contribution is -0.142. The fourth-order valence-electron chi connectivity index (χ4n) is 6.69. The molecule has 1 heterocycles. The number of phenols is 2. The van der Waals surface area contributed by atoms with Crippen LogP contribution in [0.25, 0.3) is 12.2 Å². The summed E-state index contributed by atoms with van der Waals surface area (Å²) in [4.78, 5) is 0. The van der Waals surface area contributed by atoms with E-state index in [1.165, 1.54) is 0 Å². The Balaban J connectivity index is 1.55. The van der Waals surface area contributed by atoms with Crippen LogP contribution in [-0.2, 0) is 6.42 Å². The van der Waals surface area contributed by atoms with Crippen LogP contribution >= 0.6 is 0 Å². The van der Waals surface area contributed by atoms with Gasteiger partial charge in [0, 0.05) is 17.0 Å². The molecule has 0 radical (unpaired) electrons. The third kappa shape index (κ3) is 6.65. The van der Waals surface area contributed by atoms with Crippen molar-refractivity contribution in [1.82, 2.24) is 0 Å². The molecule has 0 amide bonds. The number of benzene rings is 2. The van der Waals surface area contributed by atoms with Crippen LogP contribution in [0.3, 0.4) is 0 Å². The summed E-state index contributed by atoms with van der Waals surface area (Å²) < 4.78 is 12.3. The molecule has 3 unspecified atom stereocenters. The van der Waals surface area contributed by atoms with E-state index in [-0.39, 0.29) is 29.4 Å². The summed E-state index contributed by atoms with van der Waals surface area (Å²) in [5.74, 6) is 1.22. The molecule has 4 N–H and O–H groups in total. The third-order valence-electron chi connectivity index (χ3n) is 8.92. The Morgan fingerprint density at radius 2 is 1.63 bits per heavy atom. The van der Waals surface area contributed by atoms with Crippen LogP contribution in [0.15, 0.2) is 47.6 Å². The summed E-state index contributed by atoms with van der Waals surface area (Å²) in [5, 5.41) is 42.1. The van der Waals surface area contributed by atoms with Gasteiger partial charge in [0.15, 0.2) is 11.5 Å². The number of hydrogen-bond acceptors (Lipinski definition) is 6. The maximum Gasteiger partial charge on any atom is 0.167 e. The Morgan fingerprint density at radius 3 is 2.27 bits per heavy atom. The van der Waals surface area contributed by atoms with E-state index in [1.54, 1.807) is 19.2 Å². The average Bonchev–Trinajstić information content (AvgIpc) is 2.90. The van der Waals surface area contributed by atoms with Crippen molar-refractivity contribution in [3.8, 4) is 23.0 Å². The molecule has 1 fully saturated rings. The van der Waals surface area contributed by atoms with Gasteiger partial charge in [-0.15, -0.1) is 0 Å². The molecule has 41 heavy (non-hydrogen) atoms. The zero-order valence-corrected chi connectivity index (χ0v) is 25.3. The van der Waals surface area contributed by atoms with Gasteiger partial charge in [-0.05, 0) is 100 Å². The standard InChI is InChI=1S/C35H46O6/c1-22(9-7-10-23(2)21-36)11-14-26-28(37)18-25(19-29(26)38)13-12-24-17-27-31(39)33-34(3,4)15-8-16-35(33,5)41-32(27)30(20-24)40-6/h10-13,17-20,31,33,36-39H,7-9,14-16,21H2,1-6H3. The first-order valence-corrected chi connectivity index (χ1v) is 14.6. The largest absolute Gasteiger partial charge is 0.507 e. The Labute approximate surface area is 244 Å². The van der Waals surface area contributed by atoms with Crippen LogP contribution < -0.4 is 9.47 Å². The zero-order chi connectivity index (χ0) is 29.9. The molecule has 2 aromatic carbocycles. The molecule has 0 spiro atoms. The Bertz CT molecular complexity index is 1330. The molecular formula is C35H46O6. The van der Waals surface area contributed by atoms with E-state index in [0.717, 1.165) is 54.4 Å². The minimum Gasteiger partial charge on any atom is -0.507 e. The highest BCUT2D eigenvalue weighted by atomic mass is 16.5. The van der Waals surface area contributed by atoms with Crippen LogP contribution in [0.5, 0.6) is 23.0 Å². The van der Waals surface area contributed by atoms with E-state index in [2.05, 4.69) is 20.8 Å². The van der Waals surface area contributed by atoms with Crippen LogP contribution in [0, 0.1) is 11.3 Å². The van der Waals surface area contributed by atoms with Crippen LogP contribution in [0.4, 0.5) is 0 Å². The molecule has 6 nitrogen and oxygen atoms in total. The predicted molar refractivity (Wildman–Crippen MR) is 164 cm³/mol. The van der Waals surface area contributed by atoms with E-state index in [4.69, 9.17) is 14.6 Å². The molecule has 4 rings (SSSR count). The molecule has 222 valence electrons. The van der Waals surface area contributed by atoms with Crippen molar-refractivity contribution in [2.24, 2.45) is 11.3 Å². The Kier molecular flexibility index (Phi) is 9.25. The maximum atomic E-state index is 11.6. The van der Waals surface area contributed by atoms with Gasteiger partial charge in [-0.2, -0.15) is 0 Å². The first kappa shape index (κ1) is 30.7. The van der Waals surface area contributed by atoms with Gasteiger partial charge in [-0.3, -0.25) is 0 Å². The molecule has 2 aromatic rings. The van der Waals surface area contributed by atoms with Crippen LogP contribution in [0.1, 0.15) is 95.1 Å². The fourth-order valence-corrected chi connectivity index (χ4v) is 6.69. The number of allylic oxidation sites excluding steroid dienone is 3. The second kappa shape index (κ2) is 12.3. The SMILES string of the molecule is COc1cc(C=Cc2cc(O)c(CC=C(C)CCC=C(C)CO)c(O)c2)cc2c1OC1(C)CCCC(C)(C)C1C2O. The van der Waals surface area contributed by atoms with Gasteiger partial charge in [0.05, 0.1) is 19.8 Å². The van der Waals surface area contributed by atoms with E-state index in [0.29, 0.717) is 29.0 Å². The van der Waals surface area contributed by atoms with Crippen LogP contribution in [-0.4, -0.2) is 39.7 Å². The van der Waals surface area contributed by atoms with Crippen molar-refractivity contribution in [2.75, 3.05) is 13.7 Å². The molecule has 0 saturated heterocycles. The quantitative estimate of drug-likeness (QED) is 0.187. The topological polar surface area (TPSA) is 99.4 Å². The zero-order valence-electron chi connectivity index (χ0n) is 25.3. The second-order valence-corrected chi connectivity index (χ2v) is 12.7. The molecule has 6 heteroatoms. The first-order valence-electron chi connectivity index (χ1n) is 14.6. The van der Waals surface area contributed by atoms with Crippen LogP contribution in [0.2, 0.25) is 0 Å². The van der Waals surface area contributed by atoms with E-state index >= 15 is 0 Å². The summed E-state index contributed by atoms with van der Waals surface area (Å²) in [6.45, 7) is 10.5. The van der Waals surface area contributed by atoms with Gasteiger partial charge in [0.2, 0.25) is 0 Å². The number of methoxy groups -OCH3 is 1. The lowest BCUT2D eigenvalue weighted by Crippen LogP contribution is -2.55. The van der Waals surface area contributed by atoms with Crippen molar-refractivity contribution < 1.29 is 29.9 Å². The fraction of sp³-hybridized carbons (Fsp3) is 0.486. The summed E-state index contributed by atoms with van der Waals surface area (Å²) in [6.07, 6.45) is 12.2. The Hall–Kier alpha value is -3.22. The number of hydrogen-bond donors (Lipinski definition) is 4. The summed E-state index contributed by atoms with van der Waals surface area (Å²) in [7, 11) is 1.61. The third-order valence-corrected chi connectivity index (χ3v) is 8.92. The van der Waals surface area contributed by atoms with Gasteiger partial charge < -0.3 is 29.9 Å². The normalized spacial score (nSPS) is 24.1. The van der Waals surface area contributed by atoms with Crippen molar-refractivity contribution in [2.45, 2.75) is 84.8 Å². The molecule has 2 aliphatic rings. The summed E-state index contributed by atoms with van der Waals surface area (Å²) >= 11 is 0. The van der Waals surface area contributed by atoms with Crippen molar-refractivity contribution in [3.05, 3.63) is 69.8 Å². The molecule has 3 atom stereocenters. The number of aliphatic hydroxyl groups is 2. The van der Waals surface area contributed by atoms with E-state index in [9.17, 15) is 15.3 Å². The van der Waals surface area contributed by atoms with Gasteiger partial charge in [0.25, 0.3) is 0 Å². The maximum absolute atomic E-state index is 11.6. The van der Waals surface area contributed by atoms with Crippen molar-refractivity contribution in [1.29, 1.82) is 0 Å². The number of aromatic hydroxyl groups is 2. The highest BCUT2D eigenvalue weighted by Gasteiger charge is 2.55. The molecule has 1 aliphatic carbocycles. The lowest BCUT2D eigenvalue weighted by Gasteiger charge is -2.55. The molecule has 0 bridgehead atoms. The minimum atomic E-state index is -0.681. The second-order valence-electron chi connectivity index (χ2n) is 12.7. The summed E-state index contributed by atoms with van der Waals surface area (Å²) in [5.41, 5.74) is 4.27. The van der Waals surface area contributed by atoms with Gasteiger partial charge >= 0.3 is 0 Å². The number of rotatable bonds is 9. The number of fused-ring (bicyclic) bond motifs is 2. The van der Waals surface area contributed by atoms with Crippen molar-refractivity contribution >= 4 is 12.2 Å². The first-order chi connectivity index (χ1) is 19.4. The monoisotopic (exact) mass is 562 g/mol. The molecule has 1 aliphatic heterocycles. The number of phenolic OH excluding ortho intramolecular Hbond substituents is 2. The number of aliphatic hydroxyl groups excluding tert-OH is 2. The molecular weight excluding hydrogens is 516 g/mol. The minimum absolute atomic E-state index is 0.0374. The van der Waals surface area contributed by atoms with Gasteiger partial charge in [-0.1, -0.05) is 49.3 Å². The smallest absolute Gasteiger partial charge is 0.167 e. The average molecular weight is 563 g/mol. The van der Waals surface area contributed by atoms with Gasteiger partial charge in [0.1, 0.15) is 17.1 Å². The van der Waals surface area contributed by atoms with E-state index in [1.807, 2.05) is 50.3 Å². The lowest BCUT2D eigenvalue weighted by atomic mass is 9.58. The summed E-state index contributed by atoms with van der Waals surface area (Å²) in [6, 6.07) is 7.12. The van der Waals surface area contributed by atoms with Crippen molar-refractivity contribution in [3.63, 3.8) is 0 Å². The Morgan fingerprint density at radius 1 is 0.976 bits per heavy atom. The van der Waals surface area contributed by atoms with Gasteiger partial charge in [-0.25, -0.2) is 0 Å². The highest BCUT2D eigenvalue weighted by molar-refractivity contribution is 5.74. The molecule has 1 saturated carbocycles.